The van der Waals surface area contributed by atoms with Crippen LogP contribution in [0.2, 0.25) is 0 Å². The number of anilines is 2. The quantitative estimate of drug-likeness (QED) is 0.333. The van der Waals surface area contributed by atoms with Gasteiger partial charge in [0.25, 0.3) is 0 Å². The van der Waals surface area contributed by atoms with Gasteiger partial charge in [-0.3, -0.25) is 19.1 Å². The molecule has 226 valence electrons. The van der Waals surface area contributed by atoms with E-state index in [9.17, 15) is 19.5 Å². The van der Waals surface area contributed by atoms with Crippen molar-refractivity contribution in [2.24, 2.45) is 0 Å². The van der Waals surface area contributed by atoms with E-state index in [2.05, 4.69) is 21.9 Å². The number of fused-ring (bicyclic) bond motifs is 2. The number of nitrogens with one attached hydrogen (secondary N) is 1. The van der Waals surface area contributed by atoms with Crippen LogP contribution in [0.1, 0.15) is 37.9 Å². The zero-order chi connectivity index (χ0) is 31.6. The fraction of sp³-hybridized carbons (Fsp3) is 0.281. The molecule has 0 saturated carbocycles. The minimum Gasteiger partial charge on any atom is -0.507 e. The van der Waals surface area contributed by atoms with E-state index in [0.29, 0.717) is 16.9 Å². The molecule has 4 heterocycles. The zero-order valence-electron chi connectivity index (χ0n) is 24.6. The van der Waals surface area contributed by atoms with Gasteiger partial charge in [-0.1, -0.05) is 26.5 Å². The first-order valence-corrected chi connectivity index (χ1v) is 14.2. The van der Waals surface area contributed by atoms with Gasteiger partial charge in [-0.05, 0) is 55.7 Å². The molecule has 0 aliphatic carbocycles. The number of piperazine rings is 1. The second kappa shape index (κ2) is 10.5. The lowest BCUT2D eigenvalue weighted by Gasteiger charge is -2.44. The van der Waals surface area contributed by atoms with E-state index in [0.717, 1.165) is 12.1 Å². The van der Waals surface area contributed by atoms with Crippen molar-refractivity contribution in [3.05, 3.63) is 82.6 Å². The molecule has 12 heteroatoms. The monoisotopic (exact) mass is 600 g/mol. The standard InChI is InChI=1S/C32H30F2N6O4/c1-6-23(42)38-13-17(5)39-21(14-38)31(43)36-28-25-20(12-18(26(28)34)24-19(33)8-7-9-22(24)41)40(32(44)37-30(25)39)29-16(4)10-11-35-27(29)15(2)3/h6-12,15,17,21,41H,1,13-14H2,2-5H3,(H,36,43). The normalized spacial score (nSPS) is 17.8. The summed E-state index contributed by atoms with van der Waals surface area (Å²) in [5.74, 6) is -3.54. The molecule has 2 aliphatic rings. The van der Waals surface area contributed by atoms with Gasteiger partial charge >= 0.3 is 5.69 Å². The number of aryl methyl sites for hydroxylation is 1. The number of carbonyl (C=O) groups is 2. The minimum absolute atomic E-state index is 0.0497. The summed E-state index contributed by atoms with van der Waals surface area (Å²) in [6, 6.07) is 5.07. The summed E-state index contributed by atoms with van der Waals surface area (Å²) in [5, 5.41) is 13.4. The third-order valence-corrected chi connectivity index (χ3v) is 8.26. The van der Waals surface area contributed by atoms with Gasteiger partial charge in [-0.25, -0.2) is 13.6 Å². The lowest BCUT2D eigenvalue weighted by molar-refractivity contribution is -0.128. The van der Waals surface area contributed by atoms with Gasteiger partial charge in [0.2, 0.25) is 11.8 Å². The number of pyridine rings is 1. The predicted octanol–water partition coefficient (Wildman–Crippen LogP) is 4.41. The first-order chi connectivity index (χ1) is 20.9. The van der Waals surface area contributed by atoms with Crippen LogP contribution in [0, 0.1) is 18.6 Å². The third kappa shape index (κ3) is 4.31. The lowest BCUT2D eigenvalue weighted by Crippen LogP contribution is -2.62. The van der Waals surface area contributed by atoms with Crippen molar-refractivity contribution in [3.63, 3.8) is 0 Å². The highest BCUT2D eigenvalue weighted by molar-refractivity contribution is 6.13. The Balaban J connectivity index is 1.76. The molecule has 6 rings (SSSR count). The highest BCUT2D eigenvalue weighted by Crippen LogP contribution is 2.45. The Labute approximate surface area is 251 Å². The maximum atomic E-state index is 16.7. The van der Waals surface area contributed by atoms with Crippen molar-refractivity contribution in [2.75, 3.05) is 23.3 Å². The third-order valence-electron chi connectivity index (χ3n) is 8.26. The Hall–Kier alpha value is -5.13. The SMILES string of the molecule is C=CC(=O)N1CC(C)N2c3nc(=O)n(-c4c(C)ccnc4C(C)C)c4cc(-c5c(O)cccc5F)c(F)c(c34)NC(=O)C2C1. The van der Waals surface area contributed by atoms with Crippen LogP contribution in [-0.4, -0.2) is 61.5 Å². The van der Waals surface area contributed by atoms with Gasteiger partial charge in [0, 0.05) is 24.3 Å². The van der Waals surface area contributed by atoms with Gasteiger partial charge in [0.05, 0.1) is 40.1 Å². The molecule has 1 saturated heterocycles. The summed E-state index contributed by atoms with van der Waals surface area (Å²) in [5.41, 5.74) is -0.0269. The molecule has 10 nitrogen and oxygen atoms in total. The summed E-state index contributed by atoms with van der Waals surface area (Å²) in [7, 11) is 0. The fourth-order valence-electron chi connectivity index (χ4n) is 6.28. The zero-order valence-corrected chi connectivity index (χ0v) is 24.6. The van der Waals surface area contributed by atoms with E-state index in [-0.39, 0.29) is 52.9 Å². The topological polar surface area (TPSA) is 121 Å². The molecule has 2 aromatic heterocycles. The minimum atomic E-state index is -1.03. The average molecular weight is 601 g/mol. The van der Waals surface area contributed by atoms with Crippen LogP contribution in [0.3, 0.4) is 0 Å². The first-order valence-electron chi connectivity index (χ1n) is 14.2. The van der Waals surface area contributed by atoms with Crippen molar-refractivity contribution in [1.29, 1.82) is 0 Å². The molecule has 2 amide bonds. The highest BCUT2D eigenvalue weighted by Gasteiger charge is 2.43. The number of aromatic nitrogens is 3. The predicted molar refractivity (Wildman–Crippen MR) is 162 cm³/mol. The molecule has 2 aliphatic heterocycles. The van der Waals surface area contributed by atoms with Crippen molar-refractivity contribution in [2.45, 2.75) is 45.7 Å². The van der Waals surface area contributed by atoms with Crippen LogP contribution in [0.4, 0.5) is 20.3 Å². The van der Waals surface area contributed by atoms with Crippen LogP contribution >= 0.6 is 0 Å². The first kappa shape index (κ1) is 29.0. The molecular formula is C32H30F2N6O4. The number of hydrogen-bond donors (Lipinski definition) is 2. The van der Waals surface area contributed by atoms with Gasteiger partial charge < -0.3 is 20.2 Å². The number of nitrogens with zero attached hydrogens (tertiary/aromatic N) is 5. The van der Waals surface area contributed by atoms with Gasteiger partial charge in [0.1, 0.15) is 23.4 Å². The largest absolute Gasteiger partial charge is 0.507 e. The molecule has 4 aromatic rings. The Bertz CT molecular complexity index is 1940. The Kier molecular flexibility index (Phi) is 6.94. The van der Waals surface area contributed by atoms with E-state index in [1.54, 1.807) is 31.0 Å². The number of phenolic OH excluding ortho intramolecular Hbond substituents is 1. The van der Waals surface area contributed by atoms with Gasteiger partial charge in [0.15, 0.2) is 5.82 Å². The average Bonchev–Trinajstić information content (AvgIpc) is 3.10. The number of phenols is 1. The molecule has 0 bridgehead atoms. The van der Waals surface area contributed by atoms with Crippen LogP contribution in [0.25, 0.3) is 27.7 Å². The number of benzene rings is 2. The van der Waals surface area contributed by atoms with Crippen LogP contribution in [0.15, 0.2) is 54.0 Å². The summed E-state index contributed by atoms with van der Waals surface area (Å²) < 4.78 is 33.2. The van der Waals surface area contributed by atoms with E-state index < -0.39 is 46.6 Å². The summed E-state index contributed by atoms with van der Waals surface area (Å²) in [6.07, 6.45) is 2.78. The van der Waals surface area contributed by atoms with Crippen molar-refractivity contribution in [3.8, 4) is 22.6 Å². The molecule has 0 radical (unpaired) electrons. The van der Waals surface area contributed by atoms with Crippen molar-refractivity contribution in [1.82, 2.24) is 19.4 Å². The van der Waals surface area contributed by atoms with Crippen LogP contribution in [-0.2, 0) is 9.59 Å². The summed E-state index contributed by atoms with van der Waals surface area (Å²) >= 11 is 0. The van der Waals surface area contributed by atoms with Crippen molar-refractivity contribution >= 4 is 34.2 Å². The van der Waals surface area contributed by atoms with Crippen molar-refractivity contribution < 1.29 is 23.5 Å². The Morgan fingerprint density at radius 2 is 1.95 bits per heavy atom. The van der Waals surface area contributed by atoms with Crippen LogP contribution in [0.5, 0.6) is 5.75 Å². The highest BCUT2D eigenvalue weighted by atomic mass is 19.1. The Morgan fingerprint density at radius 3 is 2.64 bits per heavy atom. The van der Waals surface area contributed by atoms with E-state index >= 15 is 8.78 Å². The van der Waals surface area contributed by atoms with E-state index in [1.165, 1.54) is 27.7 Å². The second-order valence-corrected chi connectivity index (χ2v) is 11.4. The maximum absolute atomic E-state index is 16.7. The van der Waals surface area contributed by atoms with Gasteiger partial charge in [-0.2, -0.15) is 4.98 Å². The number of rotatable bonds is 4. The fourth-order valence-corrected chi connectivity index (χ4v) is 6.28. The number of hydrogen-bond acceptors (Lipinski definition) is 7. The molecule has 2 unspecified atom stereocenters. The Morgan fingerprint density at radius 1 is 1.20 bits per heavy atom. The summed E-state index contributed by atoms with van der Waals surface area (Å²) in [4.78, 5) is 52.5. The number of aromatic hydroxyl groups is 1. The summed E-state index contributed by atoms with van der Waals surface area (Å²) in [6.45, 7) is 11.1. The number of amides is 2. The van der Waals surface area contributed by atoms with E-state index in [4.69, 9.17) is 0 Å². The molecule has 2 N–H and O–H groups in total. The van der Waals surface area contributed by atoms with Gasteiger partial charge in [-0.15, -0.1) is 0 Å². The smallest absolute Gasteiger partial charge is 0.354 e. The van der Waals surface area contributed by atoms with E-state index in [1.807, 2.05) is 13.8 Å². The van der Waals surface area contributed by atoms with Crippen LogP contribution < -0.4 is 15.9 Å². The molecule has 44 heavy (non-hydrogen) atoms. The maximum Gasteiger partial charge on any atom is 0.354 e. The molecule has 1 fully saturated rings. The number of halogens is 2. The molecule has 0 spiro atoms. The second-order valence-electron chi connectivity index (χ2n) is 11.4. The molecular weight excluding hydrogens is 570 g/mol. The number of carbonyl (C=O) groups excluding carboxylic acids is 2. The molecule has 2 atom stereocenters. The molecule has 2 aromatic carbocycles. The lowest BCUT2D eigenvalue weighted by atomic mass is 9.98.